The first-order valence-corrected chi connectivity index (χ1v) is 15.9. The summed E-state index contributed by atoms with van der Waals surface area (Å²) in [6.45, 7) is 12.3. The van der Waals surface area contributed by atoms with Crippen LogP contribution in [0.15, 0.2) is 201 Å². The Labute approximate surface area is 282 Å². The maximum atomic E-state index is 8.34. The second-order valence-corrected chi connectivity index (χ2v) is 11.4. The molecule has 0 amide bonds. The van der Waals surface area contributed by atoms with Crippen LogP contribution in [0.2, 0.25) is 0 Å². The Balaban J connectivity index is 1.58. The fourth-order valence-corrected chi connectivity index (χ4v) is 5.80. The van der Waals surface area contributed by atoms with Crippen LogP contribution in [-0.2, 0) is 0 Å². The van der Waals surface area contributed by atoms with Gasteiger partial charge in [0.05, 0.1) is 11.4 Å². The molecular weight excluding hydrogens is 581 g/mol. The molecule has 0 radical (unpaired) electrons. The molecule has 2 heteroatoms. The van der Waals surface area contributed by atoms with E-state index in [0.29, 0.717) is 11.3 Å². The van der Waals surface area contributed by atoms with Crippen molar-refractivity contribution in [2.45, 2.75) is 0 Å². The van der Waals surface area contributed by atoms with Crippen LogP contribution in [0.5, 0.6) is 0 Å². The molecule has 6 aromatic rings. The molecule has 1 N–H and O–H groups in total. The smallest absolute Gasteiger partial charge is 0.0701 e. The van der Waals surface area contributed by atoms with E-state index in [4.69, 9.17) is 5.41 Å². The molecule has 0 fully saturated rings. The minimum atomic E-state index is 0.321. The van der Waals surface area contributed by atoms with E-state index in [1.165, 1.54) is 10.8 Å². The topological polar surface area (TPSA) is 36.7 Å². The molecule has 5 aromatic carbocycles. The third-order valence-corrected chi connectivity index (χ3v) is 8.31. The van der Waals surface area contributed by atoms with Gasteiger partial charge in [-0.25, -0.2) is 0 Å². The number of fused-ring (bicyclic) bond motifs is 2. The van der Waals surface area contributed by atoms with Crippen molar-refractivity contribution in [2.75, 3.05) is 0 Å². The van der Waals surface area contributed by atoms with Crippen LogP contribution >= 0.6 is 0 Å². The lowest BCUT2D eigenvalue weighted by Gasteiger charge is -2.11. The Morgan fingerprint density at radius 2 is 1.15 bits per heavy atom. The number of benzene rings is 4. The molecule has 0 aliphatic carbocycles. The predicted molar refractivity (Wildman–Crippen MR) is 208 cm³/mol. The normalized spacial score (nSPS) is 11.1. The molecule has 0 atom stereocenters. The van der Waals surface area contributed by atoms with Crippen LogP contribution in [-0.4, -0.2) is 10.7 Å². The molecule has 0 unspecified atom stereocenters. The number of rotatable bonds is 9. The summed E-state index contributed by atoms with van der Waals surface area (Å²) in [4.78, 5) is 4.54. The van der Waals surface area contributed by atoms with E-state index >= 15 is 0 Å². The number of aromatic nitrogens is 1. The zero-order valence-electron chi connectivity index (χ0n) is 26.8. The van der Waals surface area contributed by atoms with Gasteiger partial charge in [-0.1, -0.05) is 171 Å². The number of pyridine rings is 1. The van der Waals surface area contributed by atoms with Crippen LogP contribution in [0.25, 0.3) is 60.6 Å². The highest BCUT2D eigenvalue weighted by Crippen LogP contribution is 2.34. The van der Waals surface area contributed by atoms with E-state index in [1.807, 2.05) is 36.5 Å². The minimum Gasteiger partial charge on any atom is -0.300 e. The number of allylic oxidation sites excluding steroid dienone is 7. The van der Waals surface area contributed by atoms with E-state index in [9.17, 15) is 0 Å². The van der Waals surface area contributed by atoms with Crippen molar-refractivity contribution < 1.29 is 0 Å². The van der Waals surface area contributed by atoms with Gasteiger partial charge in [-0.3, -0.25) is 4.98 Å². The van der Waals surface area contributed by atoms with Crippen molar-refractivity contribution in [1.29, 1.82) is 5.41 Å². The molecular formula is C46H36N2. The molecule has 0 saturated heterocycles. The largest absolute Gasteiger partial charge is 0.300 e. The number of nitrogens with zero attached hydrogens (tertiary/aromatic N) is 1. The molecule has 2 nitrogen and oxygen atoms in total. The maximum Gasteiger partial charge on any atom is 0.0701 e. The monoisotopic (exact) mass is 616 g/mol. The third kappa shape index (κ3) is 7.04. The standard InChI is InChI=1S/C46H36N2/c1-4-5-22-45(47)34(3)25-24-33(2)39-31-30-36(41-20-12-15-35-14-6-7-17-40(35)41)16-13-21-42(44-19-9-8-18-43(39)44)37-26-28-38(29-27-37)46-23-10-11-32-48-46/h4-32,47H,1-3H2/b16-13?,21-13?,22-5-,25-24-,31-30?,36-16?,36-30?,39-31?,42-21?,43-39?,44-42?,47-45?. The van der Waals surface area contributed by atoms with Gasteiger partial charge in [0.2, 0.25) is 0 Å². The first-order chi connectivity index (χ1) is 23.5. The highest BCUT2D eigenvalue weighted by atomic mass is 14.7. The van der Waals surface area contributed by atoms with Crippen molar-refractivity contribution in [3.05, 3.63) is 207 Å². The molecule has 0 bridgehead atoms. The van der Waals surface area contributed by atoms with E-state index in [2.05, 4.69) is 146 Å². The summed E-state index contributed by atoms with van der Waals surface area (Å²) in [5.41, 5.74) is 9.14. The lowest BCUT2D eigenvalue weighted by Crippen LogP contribution is -1.92. The third-order valence-electron chi connectivity index (χ3n) is 8.31. The SMILES string of the molecule is C=C/C=C\C(=N)C(=C)/C=C\C(=C)c1ccc(-c2cccc3ccccc23)cccc(-c2ccc(-c3ccccn3)cc2)c2ccccc12. The van der Waals surface area contributed by atoms with Crippen LogP contribution in [0.3, 0.4) is 0 Å². The molecule has 0 spiro atoms. The Kier molecular flexibility index (Phi) is 9.75. The van der Waals surface area contributed by atoms with E-state index < -0.39 is 0 Å². The van der Waals surface area contributed by atoms with Crippen LogP contribution in [0.1, 0.15) is 5.56 Å². The summed E-state index contributed by atoms with van der Waals surface area (Å²) in [7, 11) is 0. The number of nitrogens with one attached hydrogen (secondary N) is 1. The second-order valence-electron chi connectivity index (χ2n) is 11.4. The number of hydrogen-bond donors (Lipinski definition) is 1. The fraction of sp³-hybridized carbons (Fsp3) is 0. The van der Waals surface area contributed by atoms with E-state index in [1.54, 1.807) is 18.2 Å². The van der Waals surface area contributed by atoms with Gasteiger partial charge in [0.25, 0.3) is 0 Å². The molecule has 0 aliphatic heterocycles. The van der Waals surface area contributed by atoms with Crippen LogP contribution in [0.4, 0.5) is 0 Å². The van der Waals surface area contributed by atoms with E-state index in [0.717, 1.165) is 55.4 Å². The van der Waals surface area contributed by atoms with Crippen molar-refractivity contribution >= 4 is 32.8 Å². The Bertz CT molecular complexity index is 2280. The fourth-order valence-electron chi connectivity index (χ4n) is 5.80. The summed E-state index contributed by atoms with van der Waals surface area (Å²) in [6.07, 6.45) is 10.7. The maximum absolute atomic E-state index is 8.34. The quantitative estimate of drug-likeness (QED) is 0.127. The van der Waals surface area contributed by atoms with Gasteiger partial charge < -0.3 is 5.41 Å². The number of hydrogen-bond acceptors (Lipinski definition) is 2. The van der Waals surface area contributed by atoms with Gasteiger partial charge in [0, 0.05) is 11.8 Å². The minimum absolute atomic E-state index is 0.321. The van der Waals surface area contributed by atoms with Crippen molar-refractivity contribution in [3.8, 4) is 33.5 Å². The lowest BCUT2D eigenvalue weighted by molar-refractivity contribution is 1.33. The van der Waals surface area contributed by atoms with E-state index in [-0.39, 0.29) is 0 Å². The predicted octanol–water partition coefficient (Wildman–Crippen LogP) is 12.4. The molecule has 0 saturated carbocycles. The van der Waals surface area contributed by atoms with Gasteiger partial charge in [-0.05, 0) is 78.7 Å². The Hall–Kier alpha value is -6.38. The Morgan fingerprint density at radius 3 is 1.90 bits per heavy atom. The van der Waals surface area contributed by atoms with Gasteiger partial charge in [-0.15, -0.1) is 0 Å². The molecule has 0 aliphatic rings. The van der Waals surface area contributed by atoms with Crippen LogP contribution < -0.4 is 0 Å². The zero-order valence-corrected chi connectivity index (χ0v) is 26.8. The highest BCUT2D eigenvalue weighted by Gasteiger charge is 2.09. The Morgan fingerprint density at radius 1 is 0.542 bits per heavy atom. The summed E-state index contributed by atoms with van der Waals surface area (Å²) in [5.74, 6) is 0. The van der Waals surface area contributed by atoms with Gasteiger partial charge in [0.15, 0.2) is 0 Å². The van der Waals surface area contributed by atoms with Crippen LogP contribution in [0, 0.1) is 5.41 Å². The average Bonchev–Trinajstić information content (AvgIpc) is 3.14. The summed E-state index contributed by atoms with van der Waals surface area (Å²) in [5, 5.41) is 12.9. The molecule has 6 rings (SSSR count). The zero-order chi connectivity index (χ0) is 33.3. The molecule has 1 aromatic heterocycles. The van der Waals surface area contributed by atoms with Crippen molar-refractivity contribution in [2.24, 2.45) is 0 Å². The molecule has 48 heavy (non-hydrogen) atoms. The second kappa shape index (κ2) is 14.8. The first-order valence-electron chi connectivity index (χ1n) is 15.9. The van der Waals surface area contributed by atoms with Gasteiger partial charge in [0.1, 0.15) is 0 Å². The van der Waals surface area contributed by atoms with Gasteiger partial charge >= 0.3 is 0 Å². The van der Waals surface area contributed by atoms with Crippen molar-refractivity contribution in [1.82, 2.24) is 4.98 Å². The molecule has 230 valence electrons. The first kappa shape index (κ1) is 31.6. The highest BCUT2D eigenvalue weighted by molar-refractivity contribution is 6.08. The van der Waals surface area contributed by atoms with Gasteiger partial charge in [-0.2, -0.15) is 0 Å². The summed E-state index contributed by atoms with van der Waals surface area (Å²) in [6, 6.07) is 48.8. The lowest BCUT2D eigenvalue weighted by atomic mass is 9.93. The summed E-state index contributed by atoms with van der Waals surface area (Å²) < 4.78 is 0. The average molecular weight is 617 g/mol. The van der Waals surface area contributed by atoms with Crippen molar-refractivity contribution in [3.63, 3.8) is 0 Å². The summed E-state index contributed by atoms with van der Waals surface area (Å²) >= 11 is 0. The molecule has 1 heterocycles.